The fourth-order valence-electron chi connectivity index (χ4n) is 2.40. The Balaban J connectivity index is 0.00000261. The predicted molar refractivity (Wildman–Crippen MR) is 111 cm³/mol. The van der Waals surface area contributed by atoms with Crippen LogP contribution in [-0.4, -0.2) is 40.3 Å². The Hall–Kier alpha value is -2.01. The van der Waals surface area contributed by atoms with Crippen molar-refractivity contribution >= 4 is 47.0 Å². The van der Waals surface area contributed by atoms with Gasteiger partial charge in [-0.25, -0.2) is 0 Å². The van der Waals surface area contributed by atoms with Crippen LogP contribution < -0.4 is 14.2 Å². The zero-order valence-corrected chi connectivity index (χ0v) is 17.1. The number of nitrogens with zero attached hydrogens (tertiary/aromatic N) is 2. The maximum absolute atomic E-state index is 12.6. The normalized spacial score (nSPS) is 11.1. The highest BCUT2D eigenvalue weighted by Crippen LogP contribution is 2.31. The van der Waals surface area contributed by atoms with Crippen LogP contribution in [0.1, 0.15) is 13.1 Å². The molecule has 29 heavy (non-hydrogen) atoms. The Kier molecular flexibility index (Phi) is 11.0. The van der Waals surface area contributed by atoms with Crippen molar-refractivity contribution < 1.29 is 27.5 Å². The van der Waals surface area contributed by atoms with Gasteiger partial charge in [-0.15, -0.1) is 24.8 Å². The van der Waals surface area contributed by atoms with Crippen LogP contribution in [0.25, 0.3) is 11.0 Å². The first kappa shape index (κ1) is 27.0. The lowest BCUT2D eigenvalue weighted by molar-refractivity contribution is -0.0497. The highest BCUT2D eigenvalue weighted by molar-refractivity contribution is 7.90. The number of aromatic amines is 1. The van der Waals surface area contributed by atoms with Crippen LogP contribution in [0, 0.1) is 0 Å². The van der Waals surface area contributed by atoms with Gasteiger partial charge >= 0.3 is 11.8 Å². The van der Waals surface area contributed by atoms with Gasteiger partial charge in [0.2, 0.25) is 0 Å². The summed E-state index contributed by atoms with van der Waals surface area (Å²) in [4.78, 5) is 11.3. The van der Waals surface area contributed by atoms with Crippen molar-refractivity contribution in [2.45, 2.75) is 24.9 Å². The van der Waals surface area contributed by atoms with Crippen molar-refractivity contribution in [3.05, 3.63) is 36.2 Å². The summed E-state index contributed by atoms with van der Waals surface area (Å²) in [6, 6.07) is 5.89. The molecule has 0 bridgehead atoms. The Labute approximate surface area is 182 Å². The minimum absolute atomic E-state index is 0. The van der Waals surface area contributed by atoms with Crippen LogP contribution in [0.5, 0.6) is 17.2 Å². The number of aromatic nitrogens is 3. The van der Waals surface area contributed by atoms with Gasteiger partial charge in [-0.1, -0.05) is 7.43 Å². The van der Waals surface area contributed by atoms with Crippen LogP contribution in [-0.2, 0) is 16.9 Å². The van der Waals surface area contributed by atoms with Gasteiger partial charge in [0.25, 0.3) is 0 Å². The first-order valence-corrected chi connectivity index (χ1v) is 8.72. The first-order valence-electron chi connectivity index (χ1n) is 7.40. The number of fused-ring (bicyclic) bond motifs is 1. The third-order valence-electron chi connectivity index (χ3n) is 3.51. The minimum atomic E-state index is -2.92. The van der Waals surface area contributed by atoms with Gasteiger partial charge in [0.15, 0.2) is 17.3 Å². The van der Waals surface area contributed by atoms with Crippen molar-refractivity contribution in [2.24, 2.45) is 0 Å². The molecule has 0 fully saturated rings. The number of pyridine rings is 1. The number of halogens is 4. The summed E-state index contributed by atoms with van der Waals surface area (Å²) in [5.41, 5.74) is 1.38. The lowest BCUT2D eigenvalue weighted by atomic mass is 10.3. The average molecular weight is 472 g/mol. The summed E-state index contributed by atoms with van der Waals surface area (Å²) in [6.07, 6.45) is 1.53. The minimum Gasteiger partial charge on any atom is -0.609 e. The molecule has 12 heteroatoms. The van der Waals surface area contributed by atoms with Crippen LogP contribution in [0.2, 0.25) is 0 Å². The molecule has 0 aliphatic carbocycles. The standard InChI is InChI=1S/C16H15F2N3O4S.CH4.2ClH/c1-23-13-5-6-19-12(14(13)24-2)8-26(22)16-20-10-4-3-9(25-15(17)18)7-11(10)21-16;;;/h3-7,15H,8H2,1-2H3,(H,20,21);1H4;2*1H. The van der Waals surface area contributed by atoms with Crippen molar-refractivity contribution in [2.75, 3.05) is 14.2 Å². The molecule has 0 spiro atoms. The van der Waals surface area contributed by atoms with E-state index in [4.69, 9.17) is 9.47 Å². The molecule has 1 N–H and O–H groups in total. The van der Waals surface area contributed by atoms with E-state index in [0.29, 0.717) is 28.2 Å². The second kappa shape index (κ2) is 11.9. The molecule has 0 radical (unpaired) electrons. The molecule has 2 aromatic heterocycles. The van der Waals surface area contributed by atoms with Crippen LogP contribution >= 0.6 is 24.8 Å². The van der Waals surface area contributed by atoms with E-state index in [-0.39, 0.29) is 48.9 Å². The van der Waals surface area contributed by atoms with Crippen molar-refractivity contribution in [3.63, 3.8) is 0 Å². The Morgan fingerprint density at radius 3 is 2.52 bits per heavy atom. The highest BCUT2D eigenvalue weighted by Gasteiger charge is 2.22. The number of methoxy groups -OCH3 is 2. The summed E-state index contributed by atoms with van der Waals surface area (Å²) in [5, 5.41) is 0.195. The van der Waals surface area contributed by atoms with Gasteiger partial charge in [0.05, 0.1) is 25.3 Å². The molecule has 7 nitrogen and oxygen atoms in total. The number of benzene rings is 1. The largest absolute Gasteiger partial charge is 0.609 e. The topological polar surface area (TPSA) is 92.3 Å². The smallest absolute Gasteiger partial charge is 0.387 e. The van der Waals surface area contributed by atoms with E-state index in [1.165, 1.54) is 38.6 Å². The number of H-pyrrole nitrogens is 1. The lowest BCUT2D eigenvalue weighted by Gasteiger charge is -2.12. The zero-order valence-electron chi connectivity index (χ0n) is 14.7. The summed E-state index contributed by atoms with van der Waals surface area (Å²) in [5.74, 6) is 0.908. The molecule has 0 saturated carbocycles. The van der Waals surface area contributed by atoms with Gasteiger partial charge in [-0.3, -0.25) is 9.97 Å². The average Bonchev–Trinajstić information content (AvgIpc) is 3.04. The number of imidazole rings is 1. The summed E-state index contributed by atoms with van der Waals surface area (Å²) in [6.45, 7) is -2.92. The second-order valence-corrected chi connectivity index (χ2v) is 6.45. The molecule has 0 saturated heterocycles. The van der Waals surface area contributed by atoms with Gasteiger partial charge in [0.1, 0.15) is 11.4 Å². The number of alkyl halides is 2. The third-order valence-corrected chi connectivity index (χ3v) is 4.67. The summed E-state index contributed by atoms with van der Waals surface area (Å²) < 4.78 is 52.1. The molecule has 3 rings (SSSR count). The van der Waals surface area contributed by atoms with E-state index in [0.717, 1.165) is 0 Å². The van der Waals surface area contributed by atoms with E-state index in [9.17, 15) is 13.3 Å². The van der Waals surface area contributed by atoms with Crippen LogP contribution in [0.3, 0.4) is 0 Å². The Morgan fingerprint density at radius 2 is 1.90 bits per heavy atom. The molecule has 0 amide bonds. The number of nitrogens with one attached hydrogen (secondary N) is 1. The van der Waals surface area contributed by atoms with E-state index in [1.807, 2.05) is 0 Å². The second-order valence-electron chi connectivity index (χ2n) is 5.08. The number of hydrogen-bond acceptors (Lipinski definition) is 6. The molecule has 2 heterocycles. The third kappa shape index (κ3) is 6.23. The van der Waals surface area contributed by atoms with Gasteiger partial charge in [-0.05, 0) is 12.1 Å². The molecule has 162 valence electrons. The monoisotopic (exact) mass is 471 g/mol. The summed E-state index contributed by atoms with van der Waals surface area (Å²) >= 11 is -1.56. The van der Waals surface area contributed by atoms with Gasteiger partial charge in [-0.2, -0.15) is 13.8 Å². The molecule has 1 aromatic carbocycles. The summed E-state index contributed by atoms with van der Waals surface area (Å²) in [7, 11) is 2.97. The first-order chi connectivity index (χ1) is 12.5. The lowest BCUT2D eigenvalue weighted by Crippen LogP contribution is -2.10. The maximum atomic E-state index is 12.6. The van der Waals surface area contributed by atoms with Gasteiger partial charge < -0.3 is 18.8 Å². The van der Waals surface area contributed by atoms with E-state index in [2.05, 4.69) is 19.7 Å². The number of rotatable bonds is 7. The number of hydrogen-bond donors (Lipinski definition) is 1. The predicted octanol–water partition coefficient (Wildman–Crippen LogP) is 4.36. The molecule has 3 aromatic rings. The van der Waals surface area contributed by atoms with Crippen LogP contribution in [0.15, 0.2) is 35.6 Å². The molecular weight excluding hydrogens is 451 g/mol. The van der Waals surface area contributed by atoms with Gasteiger partial charge in [0, 0.05) is 29.5 Å². The maximum Gasteiger partial charge on any atom is 0.387 e. The van der Waals surface area contributed by atoms with E-state index in [1.54, 1.807) is 6.07 Å². The van der Waals surface area contributed by atoms with Crippen LogP contribution in [0.4, 0.5) is 8.78 Å². The SMILES string of the molecule is C.COc1ccnc(C[S+]([O-])c2nc3ccc(OC(F)F)cc3[nH]2)c1OC.Cl.Cl. The molecule has 0 aliphatic heterocycles. The van der Waals surface area contributed by atoms with E-state index >= 15 is 0 Å². The van der Waals surface area contributed by atoms with E-state index < -0.39 is 17.8 Å². The zero-order chi connectivity index (χ0) is 18.7. The number of ether oxygens (including phenoxy) is 3. The van der Waals surface area contributed by atoms with Crippen molar-refractivity contribution in [1.82, 2.24) is 15.0 Å². The van der Waals surface area contributed by atoms with Crippen molar-refractivity contribution in [3.8, 4) is 17.2 Å². The molecular formula is C17H21Cl2F2N3O4S. The fraction of sp³-hybridized carbons (Fsp3) is 0.294. The molecule has 0 aliphatic rings. The molecule has 1 atom stereocenters. The fourth-order valence-corrected chi connectivity index (χ4v) is 3.41. The Bertz CT molecular complexity index is 918. The molecule has 1 unspecified atom stereocenters. The highest BCUT2D eigenvalue weighted by atomic mass is 35.5. The quantitative estimate of drug-likeness (QED) is 0.514. The Morgan fingerprint density at radius 1 is 1.17 bits per heavy atom. The van der Waals surface area contributed by atoms with Crippen molar-refractivity contribution in [1.29, 1.82) is 0 Å².